The van der Waals surface area contributed by atoms with Crippen LogP contribution < -0.4 is 9.88 Å². The molecule has 2 aromatic carbocycles. The van der Waals surface area contributed by atoms with Crippen LogP contribution in [0.5, 0.6) is 0 Å². The lowest BCUT2D eigenvalue weighted by Gasteiger charge is -2.13. The van der Waals surface area contributed by atoms with Gasteiger partial charge in [-0.15, -0.1) is 0 Å². The van der Waals surface area contributed by atoms with Gasteiger partial charge in [0.15, 0.2) is 12.4 Å². The lowest BCUT2D eigenvalue weighted by molar-refractivity contribution is -0.683. The van der Waals surface area contributed by atoms with Crippen LogP contribution in [-0.4, -0.2) is 5.91 Å². The van der Waals surface area contributed by atoms with Crippen LogP contribution in [0.2, 0.25) is 0 Å². The Bertz CT molecular complexity index is 865. The zero-order valence-electron chi connectivity index (χ0n) is 15.4. The molecule has 0 aliphatic heterocycles. The lowest BCUT2D eigenvalue weighted by Crippen LogP contribution is -2.40. The van der Waals surface area contributed by atoms with Gasteiger partial charge in [-0.2, -0.15) is 4.57 Å². The van der Waals surface area contributed by atoms with Gasteiger partial charge in [-0.1, -0.05) is 62.4 Å². The average molecular weight is 345 g/mol. The number of amides is 1. The van der Waals surface area contributed by atoms with E-state index in [2.05, 4.69) is 55.6 Å². The highest BCUT2D eigenvalue weighted by Crippen LogP contribution is 2.22. The van der Waals surface area contributed by atoms with Crippen molar-refractivity contribution in [2.45, 2.75) is 33.2 Å². The minimum atomic E-state index is -0.00388. The monoisotopic (exact) mass is 345 g/mol. The number of carbonyl (C=O) groups is 1. The molecular formula is C23H25N2O+. The molecule has 0 bridgehead atoms. The molecule has 3 rings (SSSR count). The summed E-state index contributed by atoms with van der Waals surface area (Å²) in [5.41, 5.74) is 5.58. The van der Waals surface area contributed by atoms with Crippen LogP contribution in [-0.2, 0) is 24.2 Å². The van der Waals surface area contributed by atoms with Gasteiger partial charge in [-0.3, -0.25) is 4.79 Å². The van der Waals surface area contributed by atoms with Crippen LogP contribution in [0, 0.1) is 0 Å². The Labute approximate surface area is 155 Å². The number of nitrogens with zero attached hydrogens (tertiary/aromatic N) is 1. The van der Waals surface area contributed by atoms with Crippen molar-refractivity contribution in [3.63, 3.8) is 0 Å². The summed E-state index contributed by atoms with van der Waals surface area (Å²) in [7, 11) is 0. The maximum atomic E-state index is 12.6. The van der Waals surface area contributed by atoms with E-state index in [1.54, 1.807) is 0 Å². The fourth-order valence-corrected chi connectivity index (χ4v) is 3.17. The Morgan fingerprint density at radius 3 is 2.15 bits per heavy atom. The van der Waals surface area contributed by atoms with Crippen LogP contribution in [0.25, 0.3) is 11.1 Å². The summed E-state index contributed by atoms with van der Waals surface area (Å²) in [6, 6.07) is 20.5. The first-order chi connectivity index (χ1) is 12.7. The van der Waals surface area contributed by atoms with Crippen molar-refractivity contribution < 1.29 is 9.36 Å². The van der Waals surface area contributed by atoms with Crippen molar-refractivity contribution >= 4 is 11.6 Å². The third kappa shape index (κ3) is 4.17. The van der Waals surface area contributed by atoms with E-state index >= 15 is 0 Å². The Kier molecular flexibility index (Phi) is 5.80. The van der Waals surface area contributed by atoms with E-state index in [1.807, 2.05) is 41.2 Å². The number of anilines is 1. The van der Waals surface area contributed by atoms with Gasteiger partial charge in [0.25, 0.3) is 5.91 Å². The number of hydrogen-bond acceptors (Lipinski definition) is 1. The molecule has 26 heavy (non-hydrogen) atoms. The lowest BCUT2D eigenvalue weighted by atomic mass is 10.0. The van der Waals surface area contributed by atoms with E-state index in [1.165, 1.54) is 11.1 Å². The second-order valence-electron chi connectivity index (χ2n) is 6.34. The van der Waals surface area contributed by atoms with Crippen molar-refractivity contribution in [2.75, 3.05) is 5.32 Å². The molecule has 0 saturated carbocycles. The number of para-hydroxylation sites is 1. The molecule has 0 saturated heterocycles. The number of hydrogen-bond donors (Lipinski definition) is 1. The minimum Gasteiger partial charge on any atom is -0.320 e. The SMILES string of the molecule is CCc1cccc(CC)c1NC(=O)C[n+]1cccc(-c2ccccc2)c1. The van der Waals surface area contributed by atoms with Crippen molar-refractivity contribution in [1.82, 2.24) is 0 Å². The molecule has 0 spiro atoms. The van der Waals surface area contributed by atoms with Gasteiger partial charge in [0.1, 0.15) is 0 Å². The predicted molar refractivity (Wildman–Crippen MR) is 106 cm³/mol. The molecule has 0 fully saturated rings. The van der Waals surface area contributed by atoms with Gasteiger partial charge in [0.2, 0.25) is 6.54 Å². The standard InChI is InChI=1S/C23H24N2O/c1-3-18-12-8-13-19(4-2)23(18)24-22(26)17-25-15-9-14-21(16-25)20-10-6-5-7-11-20/h5-16H,3-4,17H2,1-2H3/p+1. The summed E-state index contributed by atoms with van der Waals surface area (Å²) < 4.78 is 1.93. The number of aryl methyl sites for hydroxylation is 2. The van der Waals surface area contributed by atoms with E-state index < -0.39 is 0 Å². The summed E-state index contributed by atoms with van der Waals surface area (Å²) in [4.78, 5) is 12.6. The normalized spacial score (nSPS) is 10.5. The predicted octanol–water partition coefficient (Wildman–Crippen LogP) is 4.40. The summed E-state index contributed by atoms with van der Waals surface area (Å²) in [5.74, 6) is -0.00388. The van der Waals surface area contributed by atoms with Crippen LogP contribution in [0.3, 0.4) is 0 Å². The van der Waals surface area contributed by atoms with E-state index in [0.29, 0.717) is 6.54 Å². The van der Waals surface area contributed by atoms with Gasteiger partial charge < -0.3 is 5.32 Å². The van der Waals surface area contributed by atoms with E-state index in [9.17, 15) is 4.79 Å². The Morgan fingerprint density at radius 1 is 0.846 bits per heavy atom. The first-order valence-electron chi connectivity index (χ1n) is 9.16. The van der Waals surface area contributed by atoms with Gasteiger partial charge >= 0.3 is 0 Å². The molecule has 1 heterocycles. The van der Waals surface area contributed by atoms with E-state index in [-0.39, 0.29) is 5.91 Å². The zero-order valence-corrected chi connectivity index (χ0v) is 15.4. The van der Waals surface area contributed by atoms with Crippen molar-refractivity contribution in [2.24, 2.45) is 0 Å². The summed E-state index contributed by atoms with van der Waals surface area (Å²) in [5, 5.41) is 3.13. The smallest absolute Gasteiger partial charge is 0.290 e. The number of nitrogens with one attached hydrogen (secondary N) is 1. The summed E-state index contributed by atoms with van der Waals surface area (Å²) in [6.07, 6.45) is 5.75. The number of carbonyl (C=O) groups excluding carboxylic acids is 1. The molecule has 1 N–H and O–H groups in total. The Hall–Kier alpha value is -2.94. The van der Waals surface area contributed by atoms with Crippen molar-refractivity contribution in [1.29, 1.82) is 0 Å². The Morgan fingerprint density at radius 2 is 1.50 bits per heavy atom. The molecule has 3 aromatic rings. The molecule has 0 atom stereocenters. The van der Waals surface area contributed by atoms with E-state index in [0.717, 1.165) is 29.7 Å². The van der Waals surface area contributed by atoms with Crippen LogP contribution in [0.1, 0.15) is 25.0 Å². The average Bonchev–Trinajstić information content (AvgIpc) is 2.69. The molecule has 0 unspecified atom stereocenters. The van der Waals surface area contributed by atoms with Crippen LogP contribution >= 0.6 is 0 Å². The van der Waals surface area contributed by atoms with Crippen LogP contribution in [0.15, 0.2) is 73.1 Å². The molecule has 3 heteroatoms. The summed E-state index contributed by atoms with van der Waals surface area (Å²) in [6.45, 7) is 4.52. The second-order valence-corrected chi connectivity index (χ2v) is 6.34. The highest BCUT2D eigenvalue weighted by molar-refractivity contribution is 5.91. The van der Waals surface area contributed by atoms with Gasteiger partial charge in [-0.05, 0) is 35.6 Å². The fourth-order valence-electron chi connectivity index (χ4n) is 3.17. The summed E-state index contributed by atoms with van der Waals surface area (Å²) >= 11 is 0. The number of pyridine rings is 1. The highest BCUT2D eigenvalue weighted by atomic mass is 16.1. The maximum Gasteiger partial charge on any atom is 0.290 e. The molecule has 132 valence electrons. The molecule has 1 aromatic heterocycles. The third-order valence-corrected chi connectivity index (χ3v) is 4.55. The first-order valence-corrected chi connectivity index (χ1v) is 9.16. The number of rotatable bonds is 6. The first kappa shape index (κ1) is 17.9. The molecule has 1 amide bonds. The molecule has 0 aliphatic carbocycles. The van der Waals surface area contributed by atoms with Crippen molar-refractivity contribution in [3.05, 3.63) is 84.2 Å². The molecular weight excluding hydrogens is 320 g/mol. The molecule has 3 nitrogen and oxygen atoms in total. The second kappa shape index (κ2) is 8.43. The largest absolute Gasteiger partial charge is 0.320 e. The van der Waals surface area contributed by atoms with Gasteiger partial charge in [-0.25, -0.2) is 0 Å². The quantitative estimate of drug-likeness (QED) is 0.660. The fraction of sp³-hybridized carbons (Fsp3) is 0.217. The Balaban J connectivity index is 1.77. The highest BCUT2D eigenvalue weighted by Gasteiger charge is 2.14. The topological polar surface area (TPSA) is 33.0 Å². The molecule has 0 radical (unpaired) electrons. The molecule has 0 aliphatic rings. The van der Waals surface area contributed by atoms with Gasteiger partial charge in [0.05, 0.1) is 0 Å². The van der Waals surface area contributed by atoms with Crippen LogP contribution in [0.4, 0.5) is 5.69 Å². The number of aromatic nitrogens is 1. The van der Waals surface area contributed by atoms with E-state index in [4.69, 9.17) is 0 Å². The third-order valence-electron chi connectivity index (χ3n) is 4.55. The maximum absolute atomic E-state index is 12.6. The van der Waals surface area contributed by atoms with Crippen molar-refractivity contribution in [3.8, 4) is 11.1 Å². The number of benzene rings is 2. The van der Waals surface area contributed by atoms with Gasteiger partial charge in [0, 0.05) is 17.3 Å². The zero-order chi connectivity index (χ0) is 18.4. The minimum absolute atomic E-state index is 0.00388.